The van der Waals surface area contributed by atoms with E-state index in [0.717, 1.165) is 66.7 Å². The van der Waals surface area contributed by atoms with Gasteiger partial charge in [0.2, 0.25) is 53.4 Å². The number of carboxylic acids is 1. The van der Waals surface area contributed by atoms with Crippen LogP contribution in [0.1, 0.15) is 105 Å². The van der Waals surface area contributed by atoms with E-state index in [1.165, 1.54) is 19.2 Å². The molecule has 0 unspecified atom stereocenters. The number of halogens is 2. The van der Waals surface area contributed by atoms with Crippen LogP contribution in [0.3, 0.4) is 0 Å². The third kappa shape index (κ3) is 15.8. The van der Waals surface area contributed by atoms with Crippen LogP contribution in [0.2, 0.25) is 10.0 Å². The number of nitrogens with two attached hydrogens (primary N) is 2. The van der Waals surface area contributed by atoms with Crippen molar-refractivity contribution in [2.45, 2.75) is 150 Å². The molecule has 2 saturated heterocycles. The molecule has 21 N–H and O–H groups in total. The fourth-order valence-corrected chi connectivity index (χ4v) is 12.8. The van der Waals surface area contributed by atoms with Crippen LogP contribution in [0.25, 0.3) is 11.1 Å². The van der Waals surface area contributed by atoms with E-state index in [0.29, 0.717) is 0 Å². The van der Waals surface area contributed by atoms with E-state index in [2.05, 4.69) is 37.2 Å². The molecule has 7 heterocycles. The summed E-state index contributed by atoms with van der Waals surface area (Å²) in [7, 11) is 1.47. The van der Waals surface area contributed by atoms with Crippen LogP contribution in [0.5, 0.6) is 46.0 Å². The largest absolute Gasteiger partial charge is 0.508 e. The van der Waals surface area contributed by atoms with Gasteiger partial charge in [0.05, 0.1) is 29.1 Å². The fourth-order valence-electron chi connectivity index (χ4n) is 12.3. The number of aliphatic hydroxyl groups excluding tert-OH is 6. The Kier molecular flexibility index (Phi) is 22.2. The Bertz CT molecular complexity index is 4070. The molecule has 0 aliphatic carbocycles. The van der Waals surface area contributed by atoms with Crippen LogP contribution >= 0.6 is 23.2 Å². The molecular formula is C66H75Cl2N9O24. The van der Waals surface area contributed by atoms with E-state index < -0.39 is 237 Å². The van der Waals surface area contributed by atoms with Gasteiger partial charge in [0.15, 0.2) is 36.2 Å². The number of carboxylic acid groups (broad SMARTS) is 1. The van der Waals surface area contributed by atoms with Crippen molar-refractivity contribution in [3.63, 3.8) is 0 Å². The van der Waals surface area contributed by atoms with Crippen molar-refractivity contribution in [1.29, 1.82) is 0 Å². The summed E-state index contributed by atoms with van der Waals surface area (Å²) in [5.74, 6) is -16.7. The number of amides is 7. The lowest BCUT2D eigenvalue weighted by atomic mass is 9.82. The third-order valence-electron chi connectivity index (χ3n) is 18.0. The van der Waals surface area contributed by atoms with Crippen LogP contribution in [0, 0.1) is 11.8 Å². The number of aromatic hydroxyl groups is 3. The summed E-state index contributed by atoms with van der Waals surface area (Å²) in [5, 5.41) is 131. The molecular weight excluding hydrogens is 1370 g/mol. The average Bonchev–Trinajstić information content (AvgIpc) is 0.775. The lowest BCUT2D eigenvalue weighted by Gasteiger charge is -2.47. The van der Waals surface area contributed by atoms with Crippen molar-refractivity contribution in [2.75, 3.05) is 13.7 Å². The number of carbonyl (C=O) groups excluding carboxylic acids is 7. The summed E-state index contributed by atoms with van der Waals surface area (Å²) in [5.41, 5.74) is 8.27. The van der Waals surface area contributed by atoms with Gasteiger partial charge >= 0.3 is 5.97 Å². The Morgan fingerprint density at radius 3 is 1.90 bits per heavy atom. The molecule has 5 aromatic carbocycles. The quantitative estimate of drug-likeness (QED) is 0.0754. The van der Waals surface area contributed by atoms with Crippen molar-refractivity contribution < 1.29 is 118 Å². The van der Waals surface area contributed by atoms with Crippen molar-refractivity contribution in [3.8, 4) is 57.1 Å². The number of nitrogens with one attached hydrogen (secondary N) is 7. The maximum atomic E-state index is 16.0. The zero-order valence-corrected chi connectivity index (χ0v) is 55.8. The lowest BCUT2D eigenvalue weighted by molar-refractivity contribution is -0.348. The molecule has 7 aliphatic rings. The van der Waals surface area contributed by atoms with E-state index in [-0.39, 0.29) is 46.2 Å². The van der Waals surface area contributed by atoms with Crippen molar-refractivity contribution in [2.24, 2.45) is 23.3 Å². The van der Waals surface area contributed by atoms with Crippen LogP contribution in [-0.4, -0.2) is 185 Å². The van der Waals surface area contributed by atoms with Crippen molar-refractivity contribution >= 4 is 70.5 Å². The number of aliphatic carboxylic acids is 1. The van der Waals surface area contributed by atoms with Gasteiger partial charge in [0, 0.05) is 40.6 Å². The topological polar surface area (TPSA) is 530 Å². The Morgan fingerprint density at radius 2 is 1.32 bits per heavy atom. The fraction of sp³-hybridized carbons (Fsp3) is 0.424. The molecule has 0 saturated carbocycles. The maximum absolute atomic E-state index is 16.0. The summed E-state index contributed by atoms with van der Waals surface area (Å²) in [4.78, 5) is 117. The number of primary amides is 1. The predicted molar refractivity (Wildman–Crippen MR) is 349 cm³/mol. The lowest BCUT2D eigenvalue weighted by Crippen LogP contribution is -2.63. The number of fused-ring (bicyclic) bond motifs is 15. The standard InChI is InChI=1S/C66H75Cl2N9O24/c1-23(2)12-34(71-5)57(87)76-49-51(83)26-7-10-38(32(67)14-26)96-40-16-28-17-41(55(40)101-65-56(54(86)53(85)42(22-78)98-65)99-44-21-66(4,70)24(3)64(95)100-44)97-39-11-8-27(15-33(39)68)52(84)50-62(92)75-48(63(93)94)31-18-29(79)19-37(81)45(31)30-13-25(6-9-36(30)80)46(59(89)77-50)74-60(90)47(28)73-58(88)35(20-43(69)82)72-61(49)91/h6-11,13-19,23-24,34-35,42,44,46-54,56,64-65,71,78-81,83-86,95H,12,20-22,70H2,1-5H3,(H2,69,82)(H,72,91)(H,73,88)(H,74,90)(H,75,92)(H,76,87)(H,77,89)(H,93,94)/t24-,34-,35+,42+,44-,46-,47-,48-,49-,50+,51-,52-,53+,54-,56+,64-,65-,66+/m1/s1. The number of aliphatic hydroxyl groups is 6. The smallest absolute Gasteiger partial charge is 0.330 e. The van der Waals surface area contributed by atoms with Crippen molar-refractivity contribution in [1.82, 2.24) is 37.2 Å². The van der Waals surface area contributed by atoms with Crippen molar-refractivity contribution in [3.05, 3.63) is 117 Å². The first kappa shape index (κ1) is 74.5. The molecule has 33 nitrogen and oxygen atoms in total. The van der Waals surface area contributed by atoms with E-state index >= 15 is 14.4 Å². The monoisotopic (exact) mass is 1450 g/mol. The number of carbonyl (C=O) groups is 8. The molecule has 0 radical (unpaired) electrons. The molecule has 18 atom stereocenters. The highest BCUT2D eigenvalue weighted by Crippen LogP contribution is 2.50. The minimum Gasteiger partial charge on any atom is -0.508 e. The number of phenols is 3. The Hall–Kier alpha value is -9.20. The predicted octanol–water partition coefficient (Wildman–Crippen LogP) is 0.311. The molecule has 0 spiro atoms. The minimum absolute atomic E-state index is 0.0982. The van der Waals surface area contributed by atoms with E-state index in [1.807, 2.05) is 13.8 Å². The molecule has 12 rings (SSSR count). The Balaban J connectivity index is 1.24. The van der Waals surface area contributed by atoms with Crippen LogP contribution in [-0.2, 0) is 52.6 Å². The number of hydrogen-bond donors (Lipinski definition) is 19. The number of ether oxygens (including phenoxy) is 6. The van der Waals surface area contributed by atoms with Gasteiger partial charge in [0.1, 0.15) is 89.5 Å². The summed E-state index contributed by atoms with van der Waals surface area (Å²) >= 11 is 14.1. The zero-order valence-electron chi connectivity index (χ0n) is 54.3. The molecule has 5 aromatic rings. The SMILES string of the molecule is CN[C@H](CC(C)C)C(=O)N[C@H]1C(=O)N[C@@H](CC(N)=O)C(=O)N[C@H]2C(=O)N[C@H]3C(=O)N[C@H](C(=O)N[C@@H](C(=O)O)c4cc(O)cc(O)c4-c4cc3ccc4O)[C@H](O)c3ccc(c(Cl)c3)Oc3cc2cc(c3O[C@H]2O[C@@H](CO)[C@H](O)[C@@H](O)[C@@H]2O[C@H]2C[C@](C)(N)[C@H](C)[C@H](O)O2)Oc2ccc(cc2Cl)[C@H]1O. The molecule has 2 fully saturated rings. The summed E-state index contributed by atoms with van der Waals surface area (Å²) in [6.45, 7) is 5.86. The molecule has 35 heteroatoms. The average molecular weight is 1450 g/mol. The Labute approximate surface area is 584 Å². The summed E-state index contributed by atoms with van der Waals surface area (Å²) < 4.78 is 38.0. The number of benzene rings is 5. The first-order valence-electron chi connectivity index (χ1n) is 31.6. The second kappa shape index (κ2) is 30.2. The molecule has 542 valence electrons. The maximum Gasteiger partial charge on any atom is 0.330 e. The highest BCUT2D eigenvalue weighted by Gasteiger charge is 2.51. The number of phenolic OH excluding ortho intramolecular Hbond substituents is 3. The Morgan fingerprint density at radius 1 is 0.713 bits per heavy atom. The van der Waals surface area contributed by atoms with Gasteiger partial charge in [-0.2, -0.15) is 0 Å². The second-order valence-electron chi connectivity index (χ2n) is 25.7. The first-order chi connectivity index (χ1) is 47.7. The summed E-state index contributed by atoms with van der Waals surface area (Å²) in [6.07, 6.45) is -18.0. The first-order valence-corrected chi connectivity index (χ1v) is 32.4. The minimum atomic E-state index is -2.35. The molecule has 0 aromatic heterocycles. The summed E-state index contributed by atoms with van der Waals surface area (Å²) in [6, 6.07) is -0.723. The highest BCUT2D eigenvalue weighted by atomic mass is 35.5. The normalized spacial score (nSPS) is 29.4. The van der Waals surface area contributed by atoms with E-state index in [9.17, 15) is 75.0 Å². The van der Waals surface area contributed by atoms with Crippen LogP contribution in [0.4, 0.5) is 0 Å². The van der Waals surface area contributed by atoms with Gasteiger partial charge in [-0.3, -0.25) is 33.6 Å². The number of likely N-dealkylation sites (N-methyl/N-ethyl adjacent to an activating group) is 1. The van der Waals surface area contributed by atoms with Gasteiger partial charge < -0.3 is 128 Å². The van der Waals surface area contributed by atoms with E-state index in [1.54, 1.807) is 13.8 Å². The molecule has 7 amide bonds. The zero-order chi connectivity index (χ0) is 73.5. The van der Waals surface area contributed by atoms with Gasteiger partial charge in [0.25, 0.3) is 0 Å². The van der Waals surface area contributed by atoms with E-state index in [4.69, 9.17) is 63.1 Å². The number of hydrogen-bond acceptors (Lipinski definition) is 25. The van der Waals surface area contributed by atoms with Gasteiger partial charge in [-0.05, 0) is 103 Å². The van der Waals surface area contributed by atoms with Gasteiger partial charge in [-0.25, -0.2) is 4.79 Å². The highest BCUT2D eigenvalue weighted by molar-refractivity contribution is 6.32. The molecule has 7 aliphatic heterocycles. The molecule has 101 heavy (non-hydrogen) atoms. The van der Waals surface area contributed by atoms with Gasteiger partial charge in [-0.15, -0.1) is 0 Å². The number of rotatable bonds is 13. The third-order valence-corrected chi connectivity index (χ3v) is 18.6. The van der Waals surface area contributed by atoms with Crippen LogP contribution in [0.15, 0.2) is 78.9 Å². The van der Waals surface area contributed by atoms with Crippen LogP contribution < -0.4 is 62.9 Å². The molecule has 11 bridgehead atoms. The second-order valence-corrected chi connectivity index (χ2v) is 26.6. The van der Waals surface area contributed by atoms with Gasteiger partial charge in [-0.1, -0.05) is 62.2 Å².